The molecule has 28 heavy (non-hydrogen) atoms. The van der Waals surface area contributed by atoms with Gasteiger partial charge in [0.1, 0.15) is 0 Å². The minimum Gasteiger partial charge on any atom is -0.322 e. The Kier molecular flexibility index (Phi) is 3.57. The fraction of sp³-hybridized carbons (Fsp3) is 0. The quantitative estimate of drug-likeness (QED) is 0.518. The lowest BCUT2D eigenvalue weighted by atomic mass is 10.0. The van der Waals surface area contributed by atoms with Crippen LogP contribution in [0.5, 0.6) is 0 Å². The van der Waals surface area contributed by atoms with E-state index in [-0.39, 0.29) is 10.8 Å². The van der Waals surface area contributed by atoms with Gasteiger partial charge in [0.2, 0.25) is 9.84 Å². The van der Waals surface area contributed by atoms with Gasteiger partial charge in [-0.15, -0.1) is 0 Å². The number of rotatable bonds is 2. The van der Waals surface area contributed by atoms with E-state index in [2.05, 4.69) is 10.3 Å². The number of aromatic nitrogens is 1. The van der Waals surface area contributed by atoms with Gasteiger partial charge in [-0.3, -0.25) is 4.79 Å². The minimum absolute atomic E-state index is 0.203. The first-order chi connectivity index (χ1) is 13.5. The number of pyridine rings is 1. The topological polar surface area (TPSA) is 76.1 Å². The van der Waals surface area contributed by atoms with Gasteiger partial charge in [0.15, 0.2) is 0 Å². The summed E-state index contributed by atoms with van der Waals surface area (Å²) in [7, 11) is -3.44. The van der Waals surface area contributed by atoms with E-state index in [1.807, 2.05) is 48.5 Å². The van der Waals surface area contributed by atoms with Crippen molar-refractivity contribution < 1.29 is 13.2 Å². The predicted octanol–water partition coefficient (Wildman–Crippen LogP) is 4.40. The van der Waals surface area contributed by atoms with Crippen molar-refractivity contribution in [1.29, 1.82) is 0 Å². The van der Waals surface area contributed by atoms with Crippen molar-refractivity contribution in [1.82, 2.24) is 4.98 Å². The zero-order valence-electron chi connectivity index (χ0n) is 14.6. The van der Waals surface area contributed by atoms with Crippen LogP contribution in [0.15, 0.2) is 77.0 Å². The van der Waals surface area contributed by atoms with Gasteiger partial charge >= 0.3 is 0 Å². The molecule has 1 aromatic heterocycles. The van der Waals surface area contributed by atoms with E-state index in [4.69, 9.17) is 0 Å². The third-order valence-electron chi connectivity index (χ3n) is 4.82. The third-order valence-corrected chi connectivity index (χ3v) is 6.28. The molecule has 6 heteroatoms. The van der Waals surface area contributed by atoms with Crippen molar-refractivity contribution in [3.8, 4) is 0 Å². The summed E-state index contributed by atoms with van der Waals surface area (Å²) in [4.78, 5) is 18.0. The lowest BCUT2D eigenvalue weighted by Crippen LogP contribution is -2.14. The number of sulfone groups is 1. The van der Waals surface area contributed by atoms with Crippen LogP contribution in [0.2, 0.25) is 0 Å². The van der Waals surface area contributed by atoms with E-state index in [9.17, 15) is 13.2 Å². The van der Waals surface area contributed by atoms with Crippen molar-refractivity contribution in [3.05, 3.63) is 83.3 Å². The van der Waals surface area contributed by atoms with Crippen LogP contribution in [0.4, 0.5) is 5.69 Å². The standard InChI is InChI=1S/C22H14N2O3S/c25-22(23-15-10-9-14-11-12-28(26,27)20(14)13-15)21-16-5-1-3-7-18(16)24-19-8-4-2-6-17(19)21/h1-13H,(H,23,25). The second kappa shape index (κ2) is 6.00. The Morgan fingerprint density at radius 3 is 2.18 bits per heavy atom. The maximum absolute atomic E-state index is 13.2. The summed E-state index contributed by atoms with van der Waals surface area (Å²) in [5.74, 6) is -0.307. The highest BCUT2D eigenvalue weighted by molar-refractivity contribution is 7.94. The maximum atomic E-state index is 13.2. The molecule has 0 atom stereocenters. The fourth-order valence-electron chi connectivity index (χ4n) is 3.51. The smallest absolute Gasteiger partial charge is 0.257 e. The van der Waals surface area contributed by atoms with E-state index in [1.54, 1.807) is 18.2 Å². The molecule has 0 aliphatic carbocycles. The number of fused-ring (bicyclic) bond motifs is 3. The summed E-state index contributed by atoms with van der Waals surface area (Å²) in [6.45, 7) is 0. The van der Waals surface area contributed by atoms with Gasteiger partial charge in [-0.2, -0.15) is 0 Å². The number of nitrogens with zero attached hydrogens (tertiary/aromatic N) is 1. The molecular formula is C22H14N2O3S. The fourth-order valence-corrected chi connectivity index (χ4v) is 4.74. The number of amides is 1. The molecule has 0 spiro atoms. The number of benzene rings is 3. The first kappa shape index (κ1) is 16.6. The average Bonchev–Trinajstić information content (AvgIpc) is 3.00. The van der Waals surface area contributed by atoms with Crippen LogP contribution < -0.4 is 5.32 Å². The molecule has 0 unspecified atom stereocenters. The molecule has 3 aromatic carbocycles. The number of nitrogens with one attached hydrogen (secondary N) is 1. The predicted molar refractivity (Wildman–Crippen MR) is 110 cm³/mol. The van der Waals surface area contributed by atoms with Gasteiger partial charge in [0.05, 0.1) is 21.5 Å². The van der Waals surface area contributed by atoms with Crippen molar-refractivity contribution in [3.63, 3.8) is 0 Å². The molecule has 0 bridgehead atoms. The highest BCUT2D eigenvalue weighted by Gasteiger charge is 2.22. The van der Waals surface area contributed by atoms with Crippen molar-refractivity contribution >= 4 is 49.3 Å². The zero-order chi connectivity index (χ0) is 19.3. The molecule has 5 rings (SSSR count). The third kappa shape index (κ3) is 2.58. The van der Waals surface area contributed by atoms with Gasteiger partial charge in [-0.05, 0) is 35.9 Å². The first-order valence-corrected chi connectivity index (χ1v) is 10.2. The second-order valence-corrected chi connectivity index (χ2v) is 8.38. The van der Waals surface area contributed by atoms with Crippen LogP contribution >= 0.6 is 0 Å². The second-order valence-electron chi connectivity index (χ2n) is 6.58. The Hall–Kier alpha value is -3.51. The van der Waals surface area contributed by atoms with E-state index < -0.39 is 9.84 Å². The number of carbonyl (C=O) groups is 1. The van der Waals surface area contributed by atoms with Crippen molar-refractivity contribution in [2.45, 2.75) is 4.90 Å². The number of hydrogen-bond donors (Lipinski definition) is 1. The van der Waals surface area contributed by atoms with Crippen molar-refractivity contribution in [2.75, 3.05) is 5.32 Å². The summed E-state index contributed by atoms with van der Waals surface area (Å²) >= 11 is 0. The molecule has 1 amide bonds. The summed E-state index contributed by atoms with van der Waals surface area (Å²) in [5.41, 5.74) is 3.03. The Morgan fingerprint density at radius 2 is 1.50 bits per heavy atom. The molecular weight excluding hydrogens is 372 g/mol. The van der Waals surface area contributed by atoms with E-state index in [1.165, 1.54) is 11.5 Å². The van der Waals surface area contributed by atoms with Gasteiger partial charge in [-0.1, -0.05) is 42.5 Å². The normalized spacial score (nSPS) is 14.3. The van der Waals surface area contributed by atoms with Gasteiger partial charge in [0, 0.05) is 21.9 Å². The highest BCUT2D eigenvalue weighted by Crippen LogP contribution is 2.31. The summed E-state index contributed by atoms with van der Waals surface area (Å²) < 4.78 is 24.2. The maximum Gasteiger partial charge on any atom is 0.257 e. The van der Waals surface area contributed by atoms with E-state index in [0.29, 0.717) is 16.8 Å². The highest BCUT2D eigenvalue weighted by atomic mass is 32.2. The first-order valence-electron chi connectivity index (χ1n) is 8.69. The largest absolute Gasteiger partial charge is 0.322 e. The Bertz CT molecular complexity index is 1370. The van der Waals surface area contributed by atoms with Gasteiger partial charge < -0.3 is 5.32 Å². The lowest BCUT2D eigenvalue weighted by molar-refractivity contribution is 0.102. The number of hydrogen-bond acceptors (Lipinski definition) is 4. The molecule has 5 nitrogen and oxygen atoms in total. The van der Waals surface area contributed by atoms with E-state index >= 15 is 0 Å². The molecule has 4 aromatic rings. The Labute approximate surface area is 161 Å². The minimum atomic E-state index is -3.44. The summed E-state index contributed by atoms with van der Waals surface area (Å²) in [6.07, 6.45) is 1.56. The van der Waals surface area contributed by atoms with Crippen LogP contribution in [0, 0.1) is 0 Å². The van der Waals surface area contributed by atoms with E-state index in [0.717, 1.165) is 21.8 Å². The summed E-state index contributed by atoms with van der Waals surface area (Å²) in [5, 5.41) is 5.51. The van der Waals surface area contributed by atoms with Crippen molar-refractivity contribution in [2.24, 2.45) is 0 Å². The molecule has 136 valence electrons. The van der Waals surface area contributed by atoms with Gasteiger partial charge in [-0.25, -0.2) is 13.4 Å². The summed E-state index contributed by atoms with van der Waals surface area (Å²) in [6, 6.07) is 19.8. The molecule has 1 aliphatic heterocycles. The molecule has 1 N–H and O–H groups in total. The Morgan fingerprint density at radius 1 is 0.857 bits per heavy atom. The van der Waals surface area contributed by atoms with Crippen LogP contribution in [0.3, 0.4) is 0 Å². The number of para-hydroxylation sites is 2. The SMILES string of the molecule is O=C(Nc1ccc2c(c1)S(=O)(=O)C=C2)c1c2ccccc2nc2ccccc12. The monoisotopic (exact) mass is 386 g/mol. The molecule has 0 saturated carbocycles. The van der Waals surface area contributed by atoms with Crippen LogP contribution in [-0.2, 0) is 9.84 Å². The lowest BCUT2D eigenvalue weighted by Gasteiger charge is -2.12. The van der Waals surface area contributed by atoms with Crippen LogP contribution in [0.25, 0.3) is 27.9 Å². The molecule has 2 heterocycles. The average molecular weight is 386 g/mol. The van der Waals surface area contributed by atoms with Crippen LogP contribution in [-0.4, -0.2) is 19.3 Å². The molecule has 0 radical (unpaired) electrons. The molecule has 1 aliphatic rings. The molecule has 0 fully saturated rings. The zero-order valence-corrected chi connectivity index (χ0v) is 15.4. The van der Waals surface area contributed by atoms with Gasteiger partial charge in [0.25, 0.3) is 5.91 Å². The van der Waals surface area contributed by atoms with Crippen LogP contribution in [0.1, 0.15) is 15.9 Å². The number of anilines is 1. The Balaban J connectivity index is 1.64. The molecule has 0 saturated heterocycles. The number of carbonyl (C=O) groups excluding carboxylic acids is 1.